The number of hydrogen-bond donors (Lipinski definition) is 2. The Labute approximate surface area is 123 Å². The number of amides is 1. The Bertz CT molecular complexity index is 508. The van der Waals surface area contributed by atoms with Crippen LogP contribution < -0.4 is 5.32 Å². The third-order valence-electron chi connectivity index (χ3n) is 3.68. The van der Waals surface area contributed by atoms with Gasteiger partial charge in [0.05, 0.1) is 5.25 Å². The van der Waals surface area contributed by atoms with E-state index in [1.807, 2.05) is 31.2 Å². The molecule has 0 aliphatic heterocycles. The second-order valence-corrected chi connectivity index (χ2v) is 6.72. The zero-order valence-electron chi connectivity index (χ0n) is 11.7. The van der Waals surface area contributed by atoms with Crippen molar-refractivity contribution in [1.82, 2.24) is 5.32 Å². The highest BCUT2D eigenvalue weighted by molar-refractivity contribution is 8.00. The monoisotopic (exact) mass is 293 g/mol. The second-order valence-electron chi connectivity index (χ2n) is 5.30. The highest BCUT2D eigenvalue weighted by Crippen LogP contribution is 2.33. The zero-order valence-corrected chi connectivity index (χ0v) is 12.5. The molecule has 108 valence electrons. The van der Waals surface area contributed by atoms with Crippen molar-refractivity contribution >= 4 is 23.6 Å². The van der Waals surface area contributed by atoms with Crippen molar-refractivity contribution in [3.05, 3.63) is 29.8 Å². The number of carbonyl (C=O) groups is 2. The Morgan fingerprint density at radius 1 is 1.30 bits per heavy atom. The molecule has 5 heteroatoms. The lowest BCUT2D eigenvalue weighted by Crippen LogP contribution is -2.60. The first-order valence-corrected chi connectivity index (χ1v) is 7.60. The van der Waals surface area contributed by atoms with Crippen LogP contribution in [0.1, 0.15) is 31.7 Å². The molecule has 1 amide bonds. The van der Waals surface area contributed by atoms with Crippen LogP contribution in [-0.2, 0) is 9.59 Å². The van der Waals surface area contributed by atoms with Crippen LogP contribution in [0.2, 0.25) is 0 Å². The van der Waals surface area contributed by atoms with Gasteiger partial charge in [0.15, 0.2) is 0 Å². The van der Waals surface area contributed by atoms with Crippen molar-refractivity contribution in [2.24, 2.45) is 0 Å². The van der Waals surface area contributed by atoms with Gasteiger partial charge in [-0.1, -0.05) is 17.7 Å². The van der Waals surface area contributed by atoms with E-state index in [0.717, 1.165) is 11.3 Å². The molecule has 1 saturated carbocycles. The lowest BCUT2D eigenvalue weighted by molar-refractivity contribution is -0.151. The SMILES string of the molecule is Cc1ccc(S[C@H](C)C(=O)NC2(C(=O)O)CCC2)cc1. The summed E-state index contributed by atoms with van der Waals surface area (Å²) >= 11 is 1.44. The number of carboxylic acids is 1. The molecule has 2 rings (SSSR count). The molecule has 0 heterocycles. The van der Waals surface area contributed by atoms with Gasteiger partial charge in [-0.3, -0.25) is 4.79 Å². The van der Waals surface area contributed by atoms with E-state index in [-0.39, 0.29) is 11.2 Å². The van der Waals surface area contributed by atoms with E-state index in [4.69, 9.17) is 0 Å². The summed E-state index contributed by atoms with van der Waals surface area (Å²) in [5, 5.41) is 11.6. The number of thioether (sulfide) groups is 1. The van der Waals surface area contributed by atoms with Crippen LogP contribution in [0.15, 0.2) is 29.2 Å². The molecule has 0 saturated heterocycles. The van der Waals surface area contributed by atoms with Crippen molar-refractivity contribution in [3.63, 3.8) is 0 Å². The van der Waals surface area contributed by atoms with Crippen LogP contribution in [0, 0.1) is 6.92 Å². The van der Waals surface area contributed by atoms with Gasteiger partial charge in [-0.25, -0.2) is 4.79 Å². The third kappa shape index (κ3) is 3.15. The van der Waals surface area contributed by atoms with Gasteiger partial charge in [0.25, 0.3) is 0 Å². The highest BCUT2D eigenvalue weighted by atomic mass is 32.2. The van der Waals surface area contributed by atoms with Crippen molar-refractivity contribution in [2.45, 2.75) is 48.8 Å². The van der Waals surface area contributed by atoms with E-state index >= 15 is 0 Å². The summed E-state index contributed by atoms with van der Waals surface area (Å²) in [5.74, 6) is -1.14. The molecule has 1 aromatic carbocycles. The number of nitrogens with one attached hydrogen (secondary N) is 1. The summed E-state index contributed by atoms with van der Waals surface area (Å²) in [6, 6.07) is 7.94. The minimum Gasteiger partial charge on any atom is -0.480 e. The molecule has 0 unspecified atom stereocenters. The van der Waals surface area contributed by atoms with E-state index < -0.39 is 11.5 Å². The number of benzene rings is 1. The van der Waals surface area contributed by atoms with Crippen LogP contribution in [0.25, 0.3) is 0 Å². The predicted octanol–water partition coefficient (Wildman–Crippen LogP) is 2.60. The highest BCUT2D eigenvalue weighted by Gasteiger charge is 2.46. The molecule has 0 aromatic heterocycles. The molecular formula is C15H19NO3S. The van der Waals surface area contributed by atoms with Crippen molar-refractivity contribution in [1.29, 1.82) is 0 Å². The summed E-state index contributed by atoms with van der Waals surface area (Å²) in [6.45, 7) is 3.81. The number of aryl methyl sites for hydroxylation is 1. The van der Waals surface area contributed by atoms with E-state index in [2.05, 4.69) is 5.32 Å². The first-order valence-electron chi connectivity index (χ1n) is 6.72. The first-order chi connectivity index (χ1) is 9.43. The summed E-state index contributed by atoms with van der Waals surface area (Å²) in [6.07, 6.45) is 1.90. The smallest absolute Gasteiger partial charge is 0.329 e. The molecule has 1 aliphatic carbocycles. The molecule has 0 bridgehead atoms. The maximum atomic E-state index is 12.1. The quantitative estimate of drug-likeness (QED) is 0.819. The van der Waals surface area contributed by atoms with Gasteiger partial charge in [-0.15, -0.1) is 11.8 Å². The molecule has 2 N–H and O–H groups in total. The Morgan fingerprint density at radius 3 is 2.35 bits per heavy atom. The fourth-order valence-electron chi connectivity index (χ4n) is 2.13. The van der Waals surface area contributed by atoms with E-state index in [0.29, 0.717) is 12.8 Å². The molecule has 1 aromatic rings. The minimum absolute atomic E-state index is 0.210. The summed E-state index contributed by atoms with van der Waals surface area (Å²) in [4.78, 5) is 24.4. The summed E-state index contributed by atoms with van der Waals surface area (Å²) in [7, 11) is 0. The van der Waals surface area contributed by atoms with Gasteiger partial charge in [0.1, 0.15) is 5.54 Å². The standard InChI is InChI=1S/C15H19NO3S/c1-10-4-6-12(7-5-10)20-11(2)13(17)16-15(14(18)19)8-3-9-15/h4-7,11H,3,8-9H2,1-2H3,(H,16,17)(H,18,19)/t11-/m1/s1. The van der Waals surface area contributed by atoms with E-state index in [9.17, 15) is 14.7 Å². The van der Waals surface area contributed by atoms with Gasteiger partial charge in [0, 0.05) is 4.90 Å². The first kappa shape index (κ1) is 14.9. The fourth-order valence-corrected chi connectivity index (χ4v) is 3.00. The number of carboxylic acid groups (broad SMARTS) is 1. The summed E-state index contributed by atoms with van der Waals surface area (Å²) in [5.41, 5.74) is 0.143. The molecular weight excluding hydrogens is 274 g/mol. The largest absolute Gasteiger partial charge is 0.480 e. The van der Waals surface area contributed by atoms with Gasteiger partial charge in [-0.05, 0) is 45.2 Å². The number of rotatable bonds is 5. The number of aliphatic carboxylic acids is 1. The molecule has 1 aliphatic rings. The lowest BCUT2D eigenvalue weighted by atomic mass is 9.76. The van der Waals surface area contributed by atoms with Crippen molar-refractivity contribution < 1.29 is 14.7 Å². The van der Waals surface area contributed by atoms with Crippen molar-refractivity contribution in [3.8, 4) is 0 Å². The maximum Gasteiger partial charge on any atom is 0.329 e. The fraction of sp³-hybridized carbons (Fsp3) is 0.467. The number of carbonyl (C=O) groups excluding carboxylic acids is 1. The zero-order chi connectivity index (χ0) is 14.8. The Morgan fingerprint density at radius 2 is 1.90 bits per heavy atom. The maximum absolute atomic E-state index is 12.1. The Balaban J connectivity index is 1.95. The van der Waals surface area contributed by atoms with Crippen molar-refractivity contribution in [2.75, 3.05) is 0 Å². The lowest BCUT2D eigenvalue weighted by Gasteiger charge is -2.38. The van der Waals surface area contributed by atoms with Crippen LogP contribution in [0.3, 0.4) is 0 Å². The van der Waals surface area contributed by atoms with E-state index in [1.54, 1.807) is 6.92 Å². The predicted molar refractivity (Wildman–Crippen MR) is 78.9 cm³/mol. The van der Waals surface area contributed by atoms with E-state index in [1.165, 1.54) is 17.3 Å². The average Bonchev–Trinajstić information content (AvgIpc) is 2.35. The molecule has 20 heavy (non-hydrogen) atoms. The van der Waals surface area contributed by atoms with Crippen LogP contribution >= 0.6 is 11.8 Å². The van der Waals surface area contributed by atoms with Gasteiger partial charge in [-0.2, -0.15) is 0 Å². The van der Waals surface area contributed by atoms with Crippen LogP contribution in [0.4, 0.5) is 0 Å². The molecule has 1 atom stereocenters. The molecule has 0 spiro atoms. The topological polar surface area (TPSA) is 66.4 Å². The van der Waals surface area contributed by atoms with Gasteiger partial charge >= 0.3 is 5.97 Å². The number of hydrogen-bond acceptors (Lipinski definition) is 3. The van der Waals surface area contributed by atoms with Crippen LogP contribution in [0.5, 0.6) is 0 Å². The molecule has 1 fully saturated rings. The second kappa shape index (κ2) is 5.87. The Kier molecular flexibility index (Phi) is 4.38. The normalized spacial score (nSPS) is 17.9. The molecule has 0 radical (unpaired) electrons. The van der Waals surface area contributed by atoms with Gasteiger partial charge in [0.2, 0.25) is 5.91 Å². The summed E-state index contributed by atoms with van der Waals surface area (Å²) < 4.78 is 0. The van der Waals surface area contributed by atoms with Gasteiger partial charge < -0.3 is 10.4 Å². The minimum atomic E-state index is -1.03. The third-order valence-corrected chi connectivity index (χ3v) is 4.79. The van der Waals surface area contributed by atoms with Crippen LogP contribution in [-0.4, -0.2) is 27.8 Å². The Hall–Kier alpha value is -1.49. The molecule has 4 nitrogen and oxygen atoms in total. The average molecular weight is 293 g/mol.